The van der Waals surface area contributed by atoms with Crippen molar-refractivity contribution < 1.29 is 14.7 Å². The van der Waals surface area contributed by atoms with Gasteiger partial charge in [0.25, 0.3) is 0 Å². The summed E-state index contributed by atoms with van der Waals surface area (Å²) in [5.74, 6) is -1.30. The molecular weight excluding hydrogens is 244 g/mol. The lowest BCUT2D eigenvalue weighted by molar-refractivity contribution is -0.138. The van der Waals surface area contributed by atoms with Gasteiger partial charge < -0.3 is 10.4 Å². The number of rotatable bonds is 5. The lowest BCUT2D eigenvalue weighted by Crippen LogP contribution is -2.27. The van der Waals surface area contributed by atoms with Crippen LogP contribution in [0.5, 0.6) is 0 Å². The van der Waals surface area contributed by atoms with Gasteiger partial charge in [-0.25, -0.2) is 0 Å². The number of pyridine rings is 1. The fourth-order valence-corrected chi connectivity index (χ4v) is 1.36. The molecule has 92 valence electrons. The Labute approximate surface area is 104 Å². The standard InChI is InChI=1S/C11H13ClN2O3/c1-7(9-3-2-8(12)6-13-9)14-10(15)4-5-11(16)17/h2-3,6-7H,4-5H2,1H3,(H,14,15)(H,16,17)/t7-/m0/s1. The van der Waals surface area contributed by atoms with E-state index in [4.69, 9.17) is 16.7 Å². The van der Waals surface area contributed by atoms with Gasteiger partial charge in [0.05, 0.1) is 23.2 Å². The van der Waals surface area contributed by atoms with Crippen LogP contribution in [0.25, 0.3) is 0 Å². The normalized spacial score (nSPS) is 11.9. The molecule has 1 heterocycles. The lowest BCUT2D eigenvalue weighted by Gasteiger charge is -2.12. The van der Waals surface area contributed by atoms with Crippen LogP contribution in [0, 0.1) is 0 Å². The smallest absolute Gasteiger partial charge is 0.303 e. The summed E-state index contributed by atoms with van der Waals surface area (Å²) in [4.78, 5) is 25.7. The van der Waals surface area contributed by atoms with Crippen LogP contribution in [0.1, 0.15) is 31.5 Å². The first-order valence-electron chi connectivity index (χ1n) is 5.11. The zero-order chi connectivity index (χ0) is 12.8. The van der Waals surface area contributed by atoms with Gasteiger partial charge in [-0.1, -0.05) is 11.6 Å². The van der Waals surface area contributed by atoms with E-state index >= 15 is 0 Å². The van der Waals surface area contributed by atoms with Gasteiger partial charge in [-0.05, 0) is 19.1 Å². The molecule has 2 N–H and O–H groups in total. The van der Waals surface area contributed by atoms with E-state index in [2.05, 4.69) is 10.3 Å². The highest BCUT2D eigenvalue weighted by molar-refractivity contribution is 6.30. The van der Waals surface area contributed by atoms with Crippen LogP contribution in [0.2, 0.25) is 5.02 Å². The Morgan fingerprint density at radius 2 is 2.18 bits per heavy atom. The second-order valence-corrected chi connectivity index (χ2v) is 4.02. The minimum atomic E-state index is -0.988. The fraction of sp³-hybridized carbons (Fsp3) is 0.364. The van der Waals surface area contributed by atoms with Crippen molar-refractivity contribution in [3.05, 3.63) is 29.0 Å². The number of carboxylic acids is 1. The third kappa shape index (κ3) is 4.82. The van der Waals surface area contributed by atoms with Crippen molar-refractivity contribution in [1.82, 2.24) is 10.3 Å². The fourth-order valence-electron chi connectivity index (χ4n) is 1.25. The molecule has 1 atom stereocenters. The molecule has 0 aliphatic heterocycles. The molecule has 0 spiro atoms. The summed E-state index contributed by atoms with van der Waals surface area (Å²) in [5, 5.41) is 11.6. The van der Waals surface area contributed by atoms with Gasteiger partial charge in [-0.2, -0.15) is 0 Å². The molecule has 0 aliphatic rings. The van der Waals surface area contributed by atoms with Crippen molar-refractivity contribution in [3.63, 3.8) is 0 Å². The van der Waals surface area contributed by atoms with Crippen molar-refractivity contribution in [2.24, 2.45) is 0 Å². The molecule has 17 heavy (non-hydrogen) atoms. The Balaban J connectivity index is 2.48. The molecule has 0 bridgehead atoms. The molecule has 6 heteroatoms. The van der Waals surface area contributed by atoms with E-state index in [1.54, 1.807) is 19.1 Å². The minimum absolute atomic E-state index is 0.0345. The molecule has 1 amide bonds. The molecule has 1 rings (SSSR count). The number of aliphatic carboxylic acids is 1. The molecule has 0 saturated heterocycles. The van der Waals surface area contributed by atoms with Crippen molar-refractivity contribution in [1.29, 1.82) is 0 Å². The Morgan fingerprint density at radius 3 is 2.71 bits per heavy atom. The SMILES string of the molecule is C[C@H](NC(=O)CCC(=O)O)c1ccc(Cl)cn1. The summed E-state index contributed by atoms with van der Waals surface area (Å²) in [5.41, 5.74) is 0.679. The molecule has 0 radical (unpaired) electrons. The van der Waals surface area contributed by atoms with Crippen molar-refractivity contribution in [3.8, 4) is 0 Å². The van der Waals surface area contributed by atoms with Crippen molar-refractivity contribution >= 4 is 23.5 Å². The number of hydrogen-bond acceptors (Lipinski definition) is 3. The van der Waals surface area contributed by atoms with Crippen LogP contribution in [0.4, 0.5) is 0 Å². The largest absolute Gasteiger partial charge is 0.481 e. The third-order valence-corrected chi connectivity index (χ3v) is 2.36. The van der Waals surface area contributed by atoms with Crippen LogP contribution in [-0.2, 0) is 9.59 Å². The van der Waals surface area contributed by atoms with Gasteiger partial charge in [-0.3, -0.25) is 14.6 Å². The summed E-state index contributed by atoms with van der Waals surface area (Å²) in [7, 11) is 0. The first kappa shape index (κ1) is 13.4. The Kier molecular flexibility index (Phi) is 4.90. The lowest BCUT2D eigenvalue weighted by atomic mass is 10.2. The number of aromatic nitrogens is 1. The number of carboxylic acid groups (broad SMARTS) is 1. The molecule has 0 unspecified atom stereocenters. The quantitative estimate of drug-likeness (QED) is 0.842. The summed E-state index contributed by atoms with van der Waals surface area (Å²) >= 11 is 5.69. The number of carbonyl (C=O) groups is 2. The average Bonchev–Trinajstić information content (AvgIpc) is 2.27. The molecule has 1 aromatic heterocycles. The van der Waals surface area contributed by atoms with Crippen LogP contribution in [-0.4, -0.2) is 22.0 Å². The zero-order valence-corrected chi connectivity index (χ0v) is 10.1. The molecule has 5 nitrogen and oxygen atoms in total. The number of nitrogens with one attached hydrogen (secondary N) is 1. The maximum absolute atomic E-state index is 11.4. The number of amides is 1. The van der Waals surface area contributed by atoms with Crippen LogP contribution >= 0.6 is 11.6 Å². The van der Waals surface area contributed by atoms with Gasteiger partial charge in [0.15, 0.2) is 0 Å². The monoisotopic (exact) mass is 256 g/mol. The van der Waals surface area contributed by atoms with Crippen LogP contribution in [0.15, 0.2) is 18.3 Å². The van der Waals surface area contributed by atoms with E-state index in [0.29, 0.717) is 10.7 Å². The first-order valence-corrected chi connectivity index (χ1v) is 5.49. The van der Waals surface area contributed by atoms with Gasteiger partial charge in [0.1, 0.15) is 0 Å². The van der Waals surface area contributed by atoms with Gasteiger partial charge in [-0.15, -0.1) is 0 Å². The second kappa shape index (κ2) is 6.20. The number of hydrogen-bond donors (Lipinski definition) is 2. The third-order valence-electron chi connectivity index (χ3n) is 2.14. The van der Waals surface area contributed by atoms with Gasteiger partial charge in [0, 0.05) is 12.6 Å². The van der Waals surface area contributed by atoms with E-state index in [1.165, 1.54) is 6.20 Å². The molecule has 1 aromatic rings. The molecule has 0 aromatic carbocycles. The number of carbonyl (C=O) groups excluding carboxylic acids is 1. The van der Waals surface area contributed by atoms with E-state index in [9.17, 15) is 9.59 Å². The number of halogens is 1. The van der Waals surface area contributed by atoms with Crippen LogP contribution in [0.3, 0.4) is 0 Å². The van der Waals surface area contributed by atoms with Crippen molar-refractivity contribution in [2.75, 3.05) is 0 Å². The predicted octanol–water partition coefficient (Wildman–Crippen LogP) is 1.78. The Morgan fingerprint density at radius 1 is 1.47 bits per heavy atom. The maximum Gasteiger partial charge on any atom is 0.303 e. The predicted molar refractivity (Wildman–Crippen MR) is 62.7 cm³/mol. The summed E-state index contributed by atoms with van der Waals surface area (Å²) < 4.78 is 0. The van der Waals surface area contributed by atoms with Gasteiger partial charge >= 0.3 is 5.97 Å². The molecule has 0 aliphatic carbocycles. The highest BCUT2D eigenvalue weighted by Crippen LogP contribution is 2.12. The van der Waals surface area contributed by atoms with E-state index in [0.717, 1.165) is 0 Å². The summed E-state index contributed by atoms with van der Waals surface area (Å²) in [6, 6.07) is 3.13. The Bertz CT molecular complexity index is 406. The zero-order valence-electron chi connectivity index (χ0n) is 9.31. The molecule has 0 saturated carbocycles. The van der Waals surface area contributed by atoms with Crippen molar-refractivity contribution in [2.45, 2.75) is 25.8 Å². The highest BCUT2D eigenvalue weighted by atomic mass is 35.5. The Hall–Kier alpha value is -1.62. The second-order valence-electron chi connectivity index (χ2n) is 3.58. The van der Waals surface area contributed by atoms with Crippen LogP contribution < -0.4 is 5.32 Å². The minimum Gasteiger partial charge on any atom is -0.481 e. The number of nitrogens with zero attached hydrogens (tertiary/aromatic N) is 1. The summed E-state index contributed by atoms with van der Waals surface area (Å²) in [6.45, 7) is 1.77. The van der Waals surface area contributed by atoms with E-state index < -0.39 is 5.97 Å². The van der Waals surface area contributed by atoms with E-state index in [1.807, 2.05) is 0 Å². The average molecular weight is 257 g/mol. The maximum atomic E-state index is 11.4. The topological polar surface area (TPSA) is 79.3 Å². The summed E-state index contributed by atoms with van der Waals surface area (Å²) in [6.07, 6.45) is 1.29. The van der Waals surface area contributed by atoms with E-state index in [-0.39, 0.29) is 24.8 Å². The molecular formula is C11H13ClN2O3. The first-order chi connectivity index (χ1) is 7.99. The van der Waals surface area contributed by atoms with Gasteiger partial charge in [0.2, 0.25) is 5.91 Å². The highest BCUT2D eigenvalue weighted by Gasteiger charge is 2.11. The molecule has 0 fully saturated rings.